The molecule has 0 amide bonds. The van der Waals surface area contributed by atoms with E-state index in [0.29, 0.717) is 12.2 Å². The summed E-state index contributed by atoms with van der Waals surface area (Å²) in [6.07, 6.45) is 3.64. The number of fused-ring (bicyclic) bond motifs is 2. The van der Waals surface area contributed by atoms with E-state index in [0.717, 1.165) is 69.6 Å². The van der Waals surface area contributed by atoms with E-state index in [4.69, 9.17) is 4.74 Å². The highest BCUT2D eigenvalue weighted by molar-refractivity contribution is 5.70. The minimum atomic E-state index is 0.0544. The second-order valence-electron chi connectivity index (χ2n) is 8.91. The van der Waals surface area contributed by atoms with Gasteiger partial charge >= 0.3 is 0 Å². The number of aryl methyl sites for hydroxylation is 1. The Morgan fingerprint density at radius 1 is 1.14 bits per heavy atom. The van der Waals surface area contributed by atoms with Crippen LogP contribution in [0.2, 0.25) is 0 Å². The first kappa shape index (κ1) is 18.5. The number of benzene rings is 1. The summed E-state index contributed by atoms with van der Waals surface area (Å²) in [4.78, 5) is 2.56. The van der Waals surface area contributed by atoms with E-state index < -0.39 is 0 Å². The number of hydrogen-bond donors (Lipinski definition) is 5. The van der Waals surface area contributed by atoms with Crippen LogP contribution in [0.4, 0.5) is 11.4 Å². The molecular formula is C21H34N6O. The van der Waals surface area contributed by atoms with Crippen LogP contribution < -0.4 is 36.2 Å². The number of rotatable bonds is 4. The lowest BCUT2D eigenvalue weighted by atomic mass is 10.0. The van der Waals surface area contributed by atoms with E-state index in [1.165, 1.54) is 16.9 Å². The Bertz CT molecular complexity index is 700. The van der Waals surface area contributed by atoms with E-state index >= 15 is 0 Å². The summed E-state index contributed by atoms with van der Waals surface area (Å²) in [7, 11) is 2.01. The summed E-state index contributed by atoms with van der Waals surface area (Å²) in [6.45, 7) is 7.65. The van der Waals surface area contributed by atoms with Crippen LogP contribution in [-0.2, 0) is 6.42 Å². The largest absolute Gasteiger partial charge is 0.491 e. The van der Waals surface area contributed by atoms with Crippen LogP contribution in [0.1, 0.15) is 25.3 Å². The molecule has 0 radical (unpaired) electrons. The third-order valence-electron chi connectivity index (χ3n) is 6.78. The Kier molecular flexibility index (Phi) is 5.09. The van der Waals surface area contributed by atoms with Gasteiger partial charge in [-0.3, -0.25) is 10.6 Å². The van der Waals surface area contributed by atoms with Crippen LogP contribution in [-0.4, -0.2) is 58.3 Å². The molecule has 3 unspecified atom stereocenters. The van der Waals surface area contributed by atoms with E-state index in [2.05, 4.69) is 50.5 Å². The molecule has 1 aromatic rings. The lowest BCUT2D eigenvalue weighted by molar-refractivity contribution is 0.249. The van der Waals surface area contributed by atoms with Crippen molar-refractivity contribution < 1.29 is 4.74 Å². The van der Waals surface area contributed by atoms with Crippen molar-refractivity contribution in [3.05, 3.63) is 17.7 Å². The predicted molar refractivity (Wildman–Crippen MR) is 113 cm³/mol. The number of hydrogen-bond acceptors (Lipinski definition) is 7. The maximum absolute atomic E-state index is 6.16. The smallest absolute Gasteiger partial charge is 0.145 e. The van der Waals surface area contributed by atoms with E-state index in [-0.39, 0.29) is 6.29 Å². The summed E-state index contributed by atoms with van der Waals surface area (Å²) in [5.74, 6) is 2.67. The Hall–Kier alpha value is -1.54. The number of ether oxygens (including phenoxy) is 1. The van der Waals surface area contributed by atoms with Gasteiger partial charge in [-0.05, 0) is 62.8 Å². The maximum atomic E-state index is 6.16. The van der Waals surface area contributed by atoms with Gasteiger partial charge in [-0.25, -0.2) is 0 Å². The van der Waals surface area contributed by atoms with Gasteiger partial charge in [-0.1, -0.05) is 0 Å². The minimum Gasteiger partial charge on any atom is -0.491 e. The topological polar surface area (TPSA) is 72.6 Å². The third kappa shape index (κ3) is 3.56. The van der Waals surface area contributed by atoms with Crippen molar-refractivity contribution in [2.45, 2.75) is 44.7 Å². The maximum Gasteiger partial charge on any atom is 0.145 e. The first-order chi connectivity index (χ1) is 13.7. The molecule has 4 aliphatic rings. The minimum absolute atomic E-state index is 0.0544. The second-order valence-corrected chi connectivity index (χ2v) is 8.91. The highest BCUT2D eigenvalue weighted by atomic mass is 16.5. The molecule has 0 saturated carbocycles. The summed E-state index contributed by atoms with van der Waals surface area (Å²) in [5, 5.41) is 17.8. The molecule has 7 nitrogen and oxygen atoms in total. The van der Waals surface area contributed by atoms with Gasteiger partial charge in [0.25, 0.3) is 0 Å². The number of anilines is 2. The SMILES string of the molecule is CNC1CC(C)NC(Nc2cc3c(c(N4C[C@H]5CNC[C@H]5C4)c2)OCCC3)N1. The molecule has 28 heavy (non-hydrogen) atoms. The lowest BCUT2D eigenvalue weighted by Crippen LogP contribution is -2.63. The van der Waals surface area contributed by atoms with E-state index in [1.54, 1.807) is 0 Å². The molecule has 0 bridgehead atoms. The summed E-state index contributed by atoms with van der Waals surface area (Å²) in [6, 6.07) is 5.05. The first-order valence-corrected chi connectivity index (χ1v) is 10.9. The van der Waals surface area contributed by atoms with Crippen LogP contribution in [0.5, 0.6) is 5.75 Å². The fourth-order valence-corrected chi connectivity index (χ4v) is 5.31. The molecule has 1 aromatic carbocycles. The molecule has 5 atom stereocenters. The van der Waals surface area contributed by atoms with Crippen LogP contribution in [0, 0.1) is 11.8 Å². The standard InChI is InChI=1S/C21H34N6O/c1-13-6-19(22-2)26-21(24-13)25-17-7-14-4-3-5-28-20(14)18(8-17)27-11-15-9-23-10-16(15)12-27/h7-8,13,15-16,19,21-26H,3-6,9-12H2,1-2H3/t13?,15-,16+,19?,21?. The van der Waals surface area contributed by atoms with Crippen LogP contribution in [0.15, 0.2) is 12.1 Å². The second kappa shape index (κ2) is 7.71. The monoisotopic (exact) mass is 386 g/mol. The molecule has 5 N–H and O–H groups in total. The van der Waals surface area contributed by atoms with Crippen LogP contribution in [0.3, 0.4) is 0 Å². The molecule has 5 rings (SSSR count). The van der Waals surface area contributed by atoms with Crippen molar-refractivity contribution in [1.82, 2.24) is 21.3 Å². The van der Waals surface area contributed by atoms with Gasteiger partial charge < -0.3 is 25.6 Å². The zero-order chi connectivity index (χ0) is 19.1. The fourth-order valence-electron chi connectivity index (χ4n) is 5.31. The first-order valence-electron chi connectivity index (χ1n) is 10.9. The normalized spacial score (nSPS) is 34.6. The molecular weight excluding hydrogens is 352 g/mol. The molecule has 4 aliphatic heterocycles. The quantitative estimate of drug-likeness (QED) is 0.526. The summed E-state index contributed by atoms with van der Waals surface area (Å²) in [5.41, 5.74) is 3.79. The predicted octanol–water partition coefficient (Wildman–Crippen LogP) is 0.880. The van der Waals surface area contributed by atoms with Crippen LogP contribution in [0.25, 0.3) is 0 Å². The van der Waals surface area contributed by atoms with Crippen molar-refractivity contribution in [2.24, 2.45) is 11.8 Å². The number of nitrogens with one attached hydrogen (secondary N) is 5. The van der Waals surface area contributed by atoms with Gasteiger partial charge in [0.2, 0.25) is 0 Å². The lowest BCUT2D eigenvalue weighted by Gasteiger charge is -2.37. The van der Waals surface area contributed by atoms with Gasteiger partial charge in [-0.15, -0.1) is 0 Å². The Morgan fingerprint density at radius 3 is 2.75 bits per heavy atom. The fraction of sp³-hybridized carbons (Fsp3) is 0.714. The Labute approximate surface area is 168 Å². The summed E-state index contributed by atoms with van der Waals surface area (Å²) >= 11 is 0. The molecule has 3 saturated heterocycles. The summed E-state index contributed by atoms with van der Waals surface area (Å²) < 4.78 is 6.16. The van der Waals surface area contributed by atoms with Gasteiger partial charge in [0.15, 0.2) is 0 Å². The average Bonchev–Trinajstić information content (AvgIpc) is 3.29. The molecule has 0 aliphatic carbocycles. The highest BCUT2D eigenvalue weighted by Crippen LogP contribution is 2.42. The van der Waals surface area contributed by atoms with E-state index in [9.17, 15) is 0 Å². The Morgan fingerprint density at radius 2 is 1.96 bits per heavy atom. The van der Waals surface area contributed by atoms with E-state index in [1.807, 2.05) is 7.05 Å². The zero-order valence-corrected chi connectivity index (χ0v) is 17.1. The molecule has 3 fully saturated rings. The van der Waals surface area contributed by atoms with Crippen LogP contribution >= 0.6 is 0 Å². The highest BCUT2D eigenvalue weighted by Gasteiger charge is 2.37. The average molecular weight is 387 g/mol. The molecule has 154 valence electrons. The van der Waals surface area contributed by atoms with Crippen molar-refractivity contribution in [1.29, 1.82) is 0 Å². The van der Waals surface area contributed by atoms with Crippen molar-refractivity contribution >= 4 is 11.4 Å². The Balaban J connectivity index is 1.39. The number of nitrogens with zero attached hydrogens (tertiary/aromatic N) is 1. The van der Waals surface area contributed by atoms with Gasteiger partial charge in [0.1, 0.15) is 12.0 Å². The molecule has 7 heteroatoms. The molecule has 4 heterocycles. The van der Waals surface area contributed by atoms with Gasteiger partial charge in [-0.2, -0.15) is 0 Å². The van der Waals surface area contributed by atoms with Gasteiger partial charge in [0, 0.05) is 37.9 Å². The van der Waals surface area contributed by atoms with Crippen molar-refractivity contribution in [3.63, 3.8) is 0 Å². The van der Waals surface area contributed by atoms with Gasteiger partial charge in [0.05, 0.1) is 18.5 Å². The zero-order valence-electron chi connectivity index (χ0n) is 17.1. The molecule has 0 spiro atoms. The third-order valence-corrected chi connectivity index (χ3v) is 6.78. The van der Waals surface area contributed by atoms with Crippen molar-refractivity contribution in [3.8, 4) is 5.75 Å². The molecule has 0 aromatic heterocycles. The van der Waals surface area contributed by atoms with Crippen molar-refractivity contribution in [2.75, 3.05) is 50.1 Å².